The fraction of sp³-hybridized carbons (Fsp3) is 1.00. The maximum atomic E-state index is 9.30. The Morgan fingerprint density at radius 3 is 1.22 bits per heavy atom. The summed E-state index contributed by atoms with van der Waals surface area (Å²) in [5.41, 5.74) is 0. The van der Waals surface area contributed by atoms with Gasteiger partial charge in [0.15, 0.2) is 0 Å². The molecule has 0 aromatic carbocycles. The largest absolute Gasteiger partial charge is 1.00 e. The van der Waals surface area contributed by atoms with Gasteiger partial charge in [-0.2, -0.15) is 0 Å². The molecule has 46 valence electrons. The van der Waals surface area contributed by atoms with Gasteiger partial charge in [0.2, 0.25) is 0 Å². The third kappa shape index (κ3) is 61.1. The zero-order valence-electron chi connectivity index (χ0n) is 6.94. The summed E-state index contributed by atoms with van der Waals surface area (Å²) in [5, 5.41) is 18.2. The fourth-order valence-electron chi connectivity index (χ4n) is 0. The molecule has 0 atom stereocenters. The van der Waals surface area contributed by atoms with E-state index in [0.29, 0.717) is 0 Å². The predicted octanol–water partition coefficient (Wildman–Crippen LogP) is -6.87. The maximum absolute atomic E-state index is 9.30. The van der Waals surface area contributed by atoms with Gasteiger partial charge >= 0.3 is 80.9 Å². The summed E-state index contributed by atoms with van der Waals surface area (Å²) in [6.07, 6.45) is 0.764. The van der Waals surface area contributed by atoms with E-state index >= 15 is 0 Å². The molecule has 0 aliphatic carbocycles. The van der Waals surface area contributed by atoms with E-state index in [1.54, 1.807) is 6.92 Å². The van der Waals surface area contributed by atoms with Crippen molar-refractivity contribution in [1.29, 1.82) is 0 Å². The second-order valence-electron chi connectivity index (χ2n) is 0.993. The third-order valence-electron chi connectivity index (χ3n) is 0.204. The predicted molar refractivity (Wildman–Crippen MR) is 25.7 cm³/mol. The van der Waals surface area contributed by atoms with E-state index in [1.165, 1.54) is 0 Å². The van der Waals surface area contributed by atoms with Gasteiger partial charge in [-0.15, -0.1) is 13.2 Å². The molecule has 0 N–H and O–H groups in total. The minimum atomic E-state index is 0. The quantitative estimate of drug-likeness (QED) is 0.363. The summed E-state index contributed by atoms with van der Waals surface area (Å²) >= 11 is 0. The van der Waals surface area contributed by atoms with Gasteiger partial charge in [-0.05, 0) is 0 Å². The van der Waals surface area contributed by atoms with Crippen LogP contribution in [-0.4, -0.2) is 13.2 Å². The molecule has 0 aromatic heterocycles. The van der Waals surface area contributed by atoms with Crippen molar-refractivity contribution in [1.82, 2.24) is 0 Å². The molecule has 0 amide bonds. The second kappa shape index (κ2) is 31.2. The van der Waals surface area contributed by atoms with Crippen LogP contribution in [-0.2, 0) is 0 Å². The van der Waals surface area contributed by atoms with Crippen LogP contribution in [0.3, 0.4) is 0 Å². The molecule has 0 aliphatic heterocycles. The van der Waals surface area contributed by atoms with Crippen molar-refractivity contribution in [2.24, 2.45) is 0 Å². The average molecular weight is 166 g/mol. The van der Waals surface area contributed by atoms with Crippen LogP contribution in [0.25, 0.3) is 0 Å². The zero-order chi connectivity index (χ0) is 6.12. The molecule has 9 heavy (non-hydrogen) atoms. The van der Waals surface area contributed by atoms with Gasteiger partial charge in [-0.3, -0.25) is 0 Å². The molecule has 0 fully saturated rings. The van der Waals surface area contributed by atoms with E-state index in [2.05, 4.69) is 0 Å². The molecule has 0 radical (unpaired) electrons. The minimum absolute atomic E-state index is 0. The van der Waals surface area contributed by atoms with Gasteiger partial charge in [0.1, 0.15) is 0 Å². The van der Waals surface area contributed by atoms with Crippen LogP contribution in [0.15, 0.2) is 0 Å². The number of hydrogen-bond donors (Lipinski definition) is 0. The van der Waals surface area contributed by atoms with Crippen molar-refractivity contribution in [3.05, 3.63) is 0 Å². The van der Waals surface area contributed by atoms with E-state index in [1.807, 2.05) is 6.92 Å². The van der Waals surface area contributed by atoms with Gasteiger partial charge in [0, 0.05) is 0 Å². The first-order valence-corrected chi connectivity index (χ1v) is 2.49. The molecule has 0 heterocycles. The Bertz CT molecular complexity index is 22.4. The summed E-state index contributed by atoms with van der Waals surface area (Å²) < 4.78 is 0. The molecule has 0 bridgehead atoms. The molecule has 2 nitrogen and oxygen atoms in total. The molecule has 0 unspecified atom stereocenters. The maximum Gasteiger partial charge on any atom is 1.00 e. The van der Waals surface area contributed by atoms with Gasteiger partial charge < -0.3 is 10.2 Å². The molecule has 0 rings (SSSR count). The first kappa shape index (κ1) is 22.6. The summed E-state index contributed by atoms with van der Waals surface area (Å²) in [4.78, 5) is 0. The summed E-state index contributed by atoms with van der Waals surface area (Å²) in [7, 11) is 0. The topological polar surface area (TPSA) is 46.1 Å². The zero-order valence-corrected chi connectivity index (χ0v) is 12.1. The molecular weight excluding hydrogens is 154 g/mol. The molecule has 0 aliphatic rings. The van der Waals surface area contributed by atoms with Crippen molar-refractivity contribution in [2.45, 2.75) is 20.3 Å². The fourth-order valence-corrected chi connectivity index (χ4v) is 0. The Morgan fingerprint density at radius 2 is 1.22 bits per heavy atom. The van der Waals surface area contributed by atoms with Crippen LogP contribution in [0, 0.1) is 0 Å². The smallest absolute Gasteiger partial charge is 0.855 e. The monoisotopic (exact) mass is 166 g/mol. The van der Waals surface area contributed by atoms with Crippen molar-refractivity contribution < 1.29 is 91.2 Å². The van der Waals surface area contributed by atoms with Gasteiger partial charge in [0.25, 0.3) is 0 Å². The van der Waals surface area contributed by atoms with Crippen LogP contribution in [0.1, 0.15) is 20.3 Å². The Labute approximate surface area is 122 Å². The molecular formula is C5H12KNaO2. The number of rotatable bonds is 1. The first-order valence-electron chi connectivity index (χ1n) is 2.49. The molecule has 0 aromatic rings. The van der Waals surface area contributed by atoms with Crippen LogP contribution in [0.4, 0.5) is 0 Å². The van der Waals surface area contributed by atoms with Gasteiger partial charge in [-0.25, -0.2) is 0 Å². The van der Waals surface area contributed by atoms with E-state index in [4.69, 9.17) is 5.11 Å². The Kier molecular flexibility index (Phi) is 78.3. The second-order valence-corrected chi connectivity index (χ2v) is 0.993. The molecule has 0 saturated heterocycles. The molecule has 0 saturated carbocycles. The van der Waals surface area contributed by atoms with E-state index < -0.39 is 0 Å². The van der Waals surface area contributed by atoms with Gasteiger partial charge in [0.05, 0.1) is 0 Å². The molecule has 0 spiro atoms. The summed E-state index contributed by atoms with van der Waals surface area (Å²) in [6.45, 7) is 3.51. The summed E-state index contributed by atoms with van der Waals surface area (Å²) in [6, 6.07) is 0. The average Bonchev–Trinajstić information content (AvgIpc) is 1.69. The van der Waals surface area contributed by atoms with Gasteiger partial charge in [-0.1, -0.05) is 20.3 Å². The normalized spacial score (nSPS) is 5.33. The Morgan fingerprint density at radius 1 is 1.11 bits per heavy atom. The Hall–Kier alpha value is 2.56. The third-order valence-corrected chi connectivity index (χ3v) is 0.204. The van der Waals surface area contributed by atoms with Crippen molar-refractivity contribution in [2.75, 3.05) is 13.2 Å². The standard InChI is InChI=1S/C3H7O.C2H5O.K.Na/c1-2-3-4;1-2-3;;/h2-3H2,1H3;2H2,1H3;;/q2*-1;2*+1. The van der Waals surface area contributed by atoms with E-state index in [9.17, 15) is 5.11 Å². The van der Waals surface area contributed by atoms with E-state index in [0.717, 1.165) is 6.42 Å². The first-order chi connectivity index (χ1) is 3.33. The summed E-state index contributed by atoms with van der Waals surface area (Å²) in [5.74, 6) is 0. The van der Waals surface area contributed by atoms with Crippen molar-refractivity contribution in [3.63, 3.8) is 0 Å². The van der Waals surface area contributed by atoms with E-state index in [-0.39, 0.29) is 94.2 Å². The van der Waals surface area contributed by atoms with Crippen LogP contribution in [0.5, 0.6) is 0 Å². The van der Waals surface area contributed by atoms with Crippen LogP contribution < -0.4 is 91.2 Å². The van der Waals surface area contributed by atoms with Crippen LogP contribution >= 0.6 is 0 Å². The Balaban J connectivity index is -0.0000000233. The van der Waals surface area contributed by atoms with Crippen molar-refractivity contribution in [3.8, 4) is 0 Å². The van der Waals surface area contributed by atoms with Crippen molar-refractivity contribution >= 4 is 0 Å². The molecule has 4 heteroatoms. The SMILES string of the molecule is CCC[O-].CC[O-].[K+].[Na+]. The van der Waals surface area contributed by atoms with Crippen LogP contribution in [0.2, 0.25) is 0 Å². The minimum Gasteiger partial charge on any atom is -0.855 e. The number of hydrogen-bond acceptors (Lipinski definition) is 2.